The Morgan fingerprint density at radius 2 is 1.72 bits per heavy atom. The number of fused-ring (bicyclic) bond motifs is 1. The van der Waals surface area contributed by atoms with E-state index in [-0.39, 0.29) is 11.8 Å². The summed E-state index contributed by atoms with van der Waals surface area (Å²) < 4.78 is 2.14. The molecule has 5 heteroatoms. The van der Waals surface area contributed by atoms with E-state index in [1.165, 1.54) is 0 Å². The van der Waals surface area contributed by atoms with Gasteiger partial charge in [-0.1, -0.05) is 24.3 Å². The van der Waals surface area contributed by atoms with Crippen molar-refractivity contribution in [3.05, 3.63) is 58.9 Å². The molecule has 1 aliphatic heterocycles. The van der Waals surface area contributed by atoms with Crippen LogP contribution in [0.3, 0.4) is 0 Å². The molecule has 0 fully saturated rings. The Bertz CT molecular complexity index is 774. The van der Waals surface area contributed by atoms with Gasteiger partial charge in [-0.05, 0) is 37.1 Å². The number of nitrogens with zero attached hydrogens (tertiary/aromatic N) is 2. The fourth-order valence-corrected chi connectivity index (χ4v) is 3.59. The van der Waals surface area contributed by atoms with E-state index in [0.29, 0.717) is 25.9 Å². The summed E-state index contributed by atoms with van der Waals surface area (Å²) in [5.41, 5.74) is 4.58. The highest BCUT2D eigenvalue weighted by Gasteiger charge is 2.33. The summed E-state index contributed by atoms with van der Waals surface area (Å²) in [4.78, 5) is 26.9. The minimum Gasteiger partial charge on any atom is -0.357 e. The van der Waals surface area contributed by atoms with Gasteiger partial charge in [0.25, 0.3) is 0 Å². The van der Waals surface area contributed by atoms with Gasteiger partial charge >= 0.3 is 0 Å². The fourth-order valence-electron chi connectivity index (χ4n) is 3.59. The minimum atomic E-state index is -0.431. The van der Waals surface area contributed by atoms with Gasteiger partial charge in [-0.3, -0.25) is 9.59 Å². The zero-order valence-electron chi connectivity index (χ0n) is 15.1. The molecule has 0 saturated heterocycles. The first-order chi connectivity index (χ1) is 12.0. The molecule has 2 amide bonds. The van der Waals surface area contributed by atoms with Crippen LogP contribution in [0.2, 0.25) is 0 Å². The fraction of sp³-hybridized carbons (Fsp3) is 0.400. The highest BCUT2D eigenvalue weighted by Crippen LogP contribution is 2.24. The molecule has 1 atom stereocenters. The lowest BCUT2D eigenvalue weighted by molar-refractivity contribution is -0.141. The number of carbonyl (C=O) groups is 2. The first kappa shape index (κ1) is 17.3. The molecular weight excluding hydrogens is 314 g/mol. The number of aromatic nitrogens is 1. The molecule has 0 spiro atoms. The van der Waals surface area contributed by atoms with Crippen LogP contribution in [0.1, 0.15) is 28.9 Å². The third kappa shape index (κ3) is 3.45. The molecule has 1 N–H and O–H groups in total. The van der Waals surface area contributed by atoms with Crippen molar-refractivity contribution in [2.75, 3.05) is 7.05 Å². The Kier molecular flexibility index (Phi) is 4.93. The molecule has 0 bridgehead atoms. The van der Waals surface area contributed by atoms with Gasteiger partial charge in [-0.25, -0.2) is 0 Å². The lowest BCUT2D eigenvalue weighted by Crippen LogP contribution is -2.52. The van der Waals surface area contributed by atoms with E-state index in [2.05, 4.69) is 22.0 Å². The first-order valence-electron chi connectivity index (χ1n) is 8.72. The molecule has 1 aromatic heterocycles. The number of hydrogen-bond acceptors (Lipinski definition) is 2. The maximum absolute atomic E-state index is 12.9. The smallest absolute Gasteiger partial charge is 0.242 e. The summed E-state index contributed by atoms with van der Waals surface area (Å²) in [6.07, 6.45) is 0.967. The number of hydrogen-bond donors (Lipinski definition) is 1. The van der Waals surface area contributed by atoms with Gasteiger partial charge < -0.3 is 14.8 Å². The lowest BCUT2D eigenvalue weighted by Gasteiger charge is -2.36. The van der Waals surface area contributed by atoms with Crippen LogP contribution in [-0.2, 0) is 29.1 Å². The zero-order chi connectivity index (χ0) is 18.0. The van der Waals surface area contributed by atoms with E-state index < -0.39 is 6.04 Å². The van der Waals surface area contributed by atoms with Gasteiger partial charge in [0.1, 0.15) is 6.04 Å². The number of rotatable bonds is 4. The standard InChI is InChI=1S/C20H25N3O2/c1-14-8-9-15(2)22(14)11-10-19(24)23-13-17-7-5-4-6-16(17)12-18(23)20(25)21-3/h4-9,18H,10-13H2,1-3H3,(H,21,25)/t18-/m0/s1. The molecule has 2 heterocycles. The SMILES string of the molecule is CNC(=O)[C@@H]1Cc2ccccc2CN1C(=O)CCn1c(C)ccc1C. The maximum Gasteiger partial charge on any atom is 0.242 e. The van der Waals surface area contributed by atoms with Gasteiger partial charge in [-0.2, -0.15) is 0 Å². The summed E-state index contributed by atoms with van der Waals surface area (Å²) >= 11 is 0. The van der Waals surface area contributed by atoms with E-state index in [1.54, 1.807) is 11.9 Å². The van der Waals surface area contributed by atoms with Gasteiger partial charge in [-0.15, -0.1) is 0 Å². The van der Waals surface area contributed by atoms with Crippen molar-refractivity contribution >= 4 is 11.8 Å². The zero-order valence-corrected chi connectivity index (χ0v) is 15.1. The molecule has 0 saturated carbocycles. The molecule has 0 unspecified atom stereocenters. The summed E-state index contributed by atoms with van der Waals surface area (Å²) in [5, 5.41) is 2.70. The predicted octanol–water partition coefficient (Wildman–Crippen LogP) is 2.19. The highest BCUT2D eigenvalue weighted by molar-refractivity contribution is 5.88. The van der Waals surface area contributed by atoms with Crippen LogP contribution < -0.4 is 5.32 Å². The van der Waals surface area contributed by atoms with Crippen LogP contribution in [0.25, 0.3) is 0 Å². The van der Waals surface area contributed by atoms with Crippen LogP contribution in [0.5, 0.6) is 0 Å². The maximum atomic E-state index is 12.9. The van der Waals surface area contributed by atoms with Crippen molar-refractivity contribution in [2.45, 2.75) is 45.8 Å². The molecule has 1 aromatic carbocycles. The number of carbonyl (C=O) groups excluding carboxylic acids is 2. The average molecular weight is 339 g/mol. The van der Waals surface area contributed by atoms with Crippen molar-refractivity contribution in [1.82, 2.24) is 14.8 Å². The van der Waals surface area contributed by atoms with Gasteiger partial charge in [0.2, 0.25) is 11.8 Å². The lowest BCUT2D eigenvalue weighted by atomic mass is 9.93. The Balaban J connectivity index is 1.78. The second-order valence-corrected chi connectivity index (χ2v) is 6.64. The Morgan fingerprint density at radius 3 is 2.36 bits per heavy atom. The third-order valence-electron chi connectivity index (χ3n) is 5.08. The summed E-state index contributed by atoms with van der Waals surface area (Å²) in [7, 11) is 1.62. The van der Waals surface area contributed by atoms with Crippen LogP contribution in [0.15, 0.2) is 36.4 Å². The topological polar surface area (TPSA) is 54.3 Å². The Labute approximate surface area is 148 Å². The van der Waals surface area contributed by atoms with Crippen LogP contribution in [0, 0.1) is 13.8 Å². The molecule has 0 aliphatic carbocycles. The third-order valence-corrected chi connectivity index (χ3v) is 5.08. The largest absolute Gasteiger partial charge is 0.357 e. The van der Waals surface area contributed by atoms with Gasteiger partial charge in [0.05, 0.1) is 0 Å². The van der Waals surface area contributed by atoms with Gasteiger partial charge in [0, 0.05) is 44.4 Å². The molecule has 5 nitrogen and oxygen atoms in total. The van der Waals surface area contributed by atoms with E-state index in [1.807, 2.05) is 38.1 Å². The quantitative estimate of drug-likeness (QED) is 0.928. The number of aryl methyl sites for hydroxylation is 2. The monoisotopic (exact) mass is 339 g/mol. The molecular formula is C20H25N3O2. The number of benzene rings is 1. The van der Waals surface area contributed by atoms with E-state index >= 15 is 0 Å². The predicted molar refractivity (Wildman–Crippen MR) is 97.1 cm³/mol. The number of likely N-dealkylation sites (N-methyl/N-ethyl adjacent to an activating group) is 1. The molecule has 2 aromatic rings. The molecule has 132 valence electrons. The summed E-state index contributed by atoms with van der Waals surface area (Å²) in [6.45, 7) is 5.22. The van der Waals surface area contributed by atoms with E-state index in [9.17, 15) is 9.59 Å². The molecule has 3 rings (SSSR count). The van der Waals surface area contributed by atoms with Crippen LogP contribution >= 0.6 is 0 Å². The normalized spacial score (nSPS) is 16.4. The summed E-state index contributed by atoms with van der Waals surface area (Å²) in [6, 6.07) is 11.7. The highest BCUT2D eigenvalue weighted by atomic mass is 16.2. The van der Waals surface area contributed by atoms with Crippen LogP contribution in [-0.4, -0.2) is 34.4 Å². The molecule has 25 heavy (non-hydrogen) atoms. The van der Waals surface area contributed by atoms with Crippen molar-refractivity contribution in [3.8, 4) is 0 Å². The van der Waals surface area contributed by atoms with Crippen molar-refractivity contribution < 1.29 is 9.59 Å². The van der Waals surface area contributed by atoms with Crippen molar-refractivity contribution in [2.24, 2.45) is 0 Å². The van der Waals surface area contributed by atoms with E-state index in [4.69, 9.17) is 0 Å². The summed E-state index contributed by atoms with van der Waals surface area (Å²) in [5.74, 6) is -0.0771. The van der Waals surface area contributed by atoms with Gasteiger partial charge in [0.15, 0.2) is 0 Å². The first-order valence-corrected chi connectivity index (χ1v) is 8.72. The molecule has 0 radical (unpaired) electrons. The average Bonchev–Trinajstić information content (AvgIpc) is 2.95. The van der Waals surface area contributed by atoms with E-state index in [0.717, 1.165) is 22.5 Å². The minimum absolute atomic E-state index is 0.0237. The number of amides is 2. The molecule has 1 aliphatic rings. The Hall–Kier alpha value is -2.56. The van der Waals surface area contributed by atoms with Crippen LogP contribution in [0.4, 0.5) is 0 Å². The number of nitrogens with one attached hydrogen (secondary N) is 1. The van der Waals surface area contributed by atoms with Crippen molar-refractivity contribution in [1.29, 1.82) is 0 Å². The second-order valence-electron chi connectivity index (χ2n) is 6.64. The second kappa shape index (κ2) is 7.13. The van der Waals surface area contributed by atoms with Crippen molar-refractivity contribution in [3.63, 3.8) is 0 Å². The Morgan fingerprint density at radius 1 is 1.08 bits per heavy atom.